The van der Waals surface area contributed by atoms with E-state index in [0.29, 0.717) is 6.54 Å². The maximum absolute atomic E-state index is 13.5. The van der Waals surface area contributed by atoms with Crippen LogP contribution >= 0.6 is 0 Å². The van der Waals surface area contributed by atoms with Crippen LogP contribution in [0.5, 0.6) is 0 Å². The van der Waals surface area contributed by atoms with Gasteiger partial charge in [0.15, 0.2) is 0 Å². The fraction of sp³-hybridized carbons (Fsp3) is 0.562. The summed E-state index contributed by atoms with van der Waals surface area (Å²) in [6.07, 6.45) is 5.51. The second kappa shape index (κ2) is 5.52. The predicted molar refractivity (Wildman–Crippen MR) is 74.0 cm³/mol. The number of benzene rings is 1. The van der Waals surface area contributed by atoms with Gasteiger partial charge >= 0.3 is 5.97 Å². The van der Waals surface area contributed by atoms with E-state index in [9.17, 15) is 9.18 Å². The molecular formula is C16H20FNO2. The van der Waals surface area contributed by atoms with E-state index in [0.717, 1.165) is 29.9 Å². The molecule has 2 aliphatic rings. The lowest BCUT2D eigenvalue weighted by atomic mass is 9.89. The Labute approximate surface area is 118 Å². The molecule has 3 nitrogen and oxygen atoms in total. The molecule has 2 fully saturated rings. The molecule has 0 spiro atoms. The zero-order valence-electron chi connectivity index (χ0n) is 11.4. The molecule has 0 saturated heterocycles. The molecule has 2 aliphatic carbocycles. The monoisotopic (exact) mass is 277 g/mol. The van der Waals surface area contributed by atoms with Gasteiger partial charge in [0.2, 0.25) is 0 Å². The van der Waals surface area contributed by atoms with Crippen LogP contribution in [0.4, 0.5) is 4.39 Å². The number of hydrogen-bond acceptors (Lipinski definition) is 2. The normalized spacial score (nSPS) is 27.9. The lowest BCUT2D eigenvalue weighted by molar-refractivity contribution is 0.0692. The number of carboxylic acid groups (broad SMARTS) is 1. The molecule has 3 rings (SSSR count). The first-order valence-electron chi connectivity index (χ1n) is 7.36. The first-order chi connectivity index (χ1) is 9.63. The van der Waals surface area contributed by atoms with Gasteiger partial charge in [-0.15, -0.1) is 0 Å². The second-order valence-electron chi connectivity index (χ2n) is 6.19. The van der Waals surface area contributed by atoms with Crippen molar-refractivity contribution in [2.45, 2.75) is 32.2 Å². The second-order valence-corrected chi connectivity index (χ2v) is 6.19. The highest BCUT2D eigenvalue weighted by molar-refractivity contribution is 5.87. The van der Waals surface area contributed by atoms with E-state index in [1.54, 1.807) is 6.07 Å². The van der Waals surface area contributed by atoms with E-state index in [-0.39, 0.29) is 5.56 Å². The van der Waals surface area contributed by atoms with Gasteiger partial charge in [0.1, 0.15) is 5.82 Å². The Bertz CT molecular complexity index is 517. The first kappa shape index (κ1) is 13.6. The standard InChI is InChI=1S/C16H20FNO2/c17-15-7-11(2-4-14(15)16(19)20)8-18-9-13-6-10-1-3-12(13)5-10/h2,4,7,10,12-13,18H,1,3,5-6,8-9H2,(H,19,20). The Balaban J connectivity index is 1.51. The van der Waals surface area contributed by atoms with Gasteiger partial charge < -0.3 is 10.4 Å². The Hall–Kier alpha value is -1.42. The minimum absolute atomic E-state index is 0.262. The predicted octanol–water partition coefficient (Wildman–Crippen LogP) is 3.05. The molecule has 0 radical (unpaired) electrons. The van der Waals surface area contributed by atoms with Crippen LogP contribution in [-0.4, -0.2) is 17.6 Å². The van der Waals surface area contributed by atoms with Crippen molar-refractivity contribution >= 4 is 5.97 Å². The van der Waals surface area contributed by atoms with E-state index < -0.39 is 11.8 Å². The van der Waals surface area contributed by atoms with E-state index in [1.807, 2.05) is 0 Å². The summed E-state index contributed by atoms with van der Waals surface area (Å²) in [4.78, 5) is 10.7. The third kappa shape index (κ3) is 2.70. The number of rotatable bonds is 5. The highest BCUT2D eigenvalue weighted by atomic mass is 19.1. The van der Waals surface area contributed by atoms with Crippen LogP contribution < -0.4 is 5.32 Å². The van der Waals surface area contributed by atoms with Gasteiger partial charge in [-0.2, -0.15) is 0 Å². The number of fused-ring (bicyclic) bond motifs is 2. The largest absolute Gasteiger partial charge is 0.478 e. The van der Waals surface area contributed by atoms with Crippen molar-refractivity contribution in [3.63, 3.8) is 0 Å². The average molecular weight is 277 g/mol. The molecule has 2 saturated carbocycles. The third-order valence-corrected chi connectivity index (χ3v) is 4.88. The molecule has 0 aromatic heterocycles. The van der Waals surface area contributed by atoms with Gasteiger partial charge in [0, 0.05) is 6.54 Å². The van der Waals surface area contributed by atoms with Gasteiger partial charge in [-0.1, -0.05) is 12.5 Å². The Morgan fingerprint density at radius 1 is 1.35 bits per heavy atom. The first-order valence-corrected chi connectivity index (χ1v) is 7.36. The van der Waals surface area contributed by atoms with Crippen LogP contribution in [-0.2, 0) is 6.54 Å². The number of halogens is 1. The molecule has 0 heterocycles. The van der Waals surface area contributed by atoms with Crippen molar-refractivity contribution in [2.24, 2.45) is 17.8 Å². The summed E-state index contributed by atoms with van der Waals surface area (Å²) in [6.45, 7) is 1.59. The number of carbonyl (C=O) groups is 1. The molecule has 1 aromatic carbocycles. The Morgan fingerprint density at radius 2 is 2.20 bits per heavy atom. The summed E-state index contributed by atoms with van der Waals surface area (Å²) < 4.78 is 13.5. The van der Waals surface area contributed by atoms with E-state index in [1.165, 1.54) is 37.8 Å². The van der Waals surface area contributed by atoms with Gasteiger partial charge in [0.25, 0.3) is 0 Å². The fourth-order valence-corrected chi connectivity index (χ4v) is 3.87. The SMILES string of the molecule is O=C(O)c1ccc(CNCC2CC3CCC2C3)cc1F. The van der Waals surface area contributed by atoms with Crippen molar-refractivity contribution in [1.29, 1.82) is 0 Å². The molecule has 0 aliphatic heterocycles. The van der Waals surface area contributed by atoms with Gasteiger partial charge in [-0.05, 0) is 61.3 Å². The number of hydrogen-bond donors (Lipinski definition) is 2. The zero-order valence-corrected chi connectivity index (χ0v) is 11.4. The van der Waals surface area contributed by atoms with Crippen LogP contribution in [0.25, 0.3) is 0 Å². The van der Waals surface area contributed by atoms with E-state index in [2.05, 4.69) is 5.32 Å². The minimum atomic E-state index is -1.22. The quantitative estimate of drug-likeness (QED) is 0.869. The molecule has 1 aromatic rings. The summed E-state index contributed by atoms with van der Waals surface area (Å²) in [5, 5.41) is 12.2. The van der Waals surface area contributed by atoms with Crippen LogP contribution in [0.1, 0.15) is 41.6 Å². The number of nitrogens with one attached hydrogen (secondary N) is 1. The molecule has 2 N–H and O–H groups in total. The van der Waals surface area contributed by atoms with Crippen molar-refractivity contribution < 1.29 is 14.3 Å². The van der Waals surface area contributed by atoms with Crippen LogP contribution in [0, 0.1) is 23.6 Å². The van der Waals surface area contributed by atoms with Crippen molar-refractivity contribution in [1.82, 2.24) is 5.32 Å². The van der Waals surface area contributed by atoms with Crippen molar-refractivity contribution in [3.05, 3.63) is 35.1 Å². The highest BCUT2D eigenvalue weighted by Crippen LogP contribution is 2.47. The summed E-state index contributed by atoms with van der Waals surface area (Å²) >= 11 is 0. The number of carboxylic acids is 1. The lowest BCUT2D eigenvalue weighted by Gasteiger charge is -2.21. The molecule has 20 heavy (non-hydrogen) atoms. The summed E-state index contributed by atoms with van der Waals surface area (Å²) in [6, 6.07) is 4.34. The summed E-state index contributed by atoms with van der Waals surface area (Å²) in [5.41, 5.74) is 0.539. The Morgan fingerprint density at radius 3 is 2.80 bits per heavy atom. The van der Waals surface area contributed by atoms with Crippen LogP contribution in [0.2, 0.25) is 0 Å². The molecule has 3 atom stereocenters. The maximum Gasteiger partial charge on any atom is 0.338 e. The fourth-order valence-electron chi connectivity index (χ4n) is 3.87. The van der Waals surface area contributed by atoms with Crippen LogP contribution in [0.3, 0.4) is 0 Å². The van der Waals surface area contributed by atoms with Crippen LogP contribution in [0.15, 0.2) is 18.2 Å². The van der Waals surface area contributed by atoms with Crippen molar-refractivity contribution in [2.75, 3.05) is 6.54 Å². The maximum atomic E-state index is 13.5. The molecule has 4 heteroatoms. The third-order valence-electron chi connectivity index (χ3n) is 4.88. The minimum Gasteiger partial charge on any atom is -0.478 e. The molecule has 2 bridgehead atoms. The van der Waals surface area contributed by atoms with E-state index >= 15 is 0 Å². The Kier molecular flexibility index (Phi) is 3.74. The molecule has 3 unspecified atom stereocenters. The van der Waals surface area contributed by atoms with E-state index in [4.69, 9.17) is 5.11 Å². The zero-order chi connectivity index (χ0) is 14.1. The molecular weight excluding hydrogens is 257 g/mol. The smallest absolute Gasteiger partial charge is 0.338 e. The topological polar surface area (TPSA) is 49.3 Å². The highest BCUT2D eigenvalue weighted by Gasteiger charge is 2.38. The molecule has 0 amide bonds. The number of aromatic carboxylic acids is 1. The van der Waals surface area contributed by atoms with Gasteiger partial charge in [-0.25, -0.2) is 9.18 Å². The molecule has 108 valence electrons. The summed E-state index contributed by atoms with van der Waals surface area (Å²) in [5.74, 6) is 0.732. The lowest BCUT2D eigenvalue weighted by Crippen LogP contribution is -2.26. The summed E-state index contributed by atoms with van der Waals surface area (Å²) in [7, 11) is 0. The van der Waals surface area contributed by atoms with Gasteiger partial charge in [-0.3, -0.25) is 0 Å². The van der Waals surface area contributed by atoms with Gasteiger partial charge in [0.05, 0.1) is 5.56 Å². The average Bonchev–Trinajstić information content (AvgIpc) is 3.00. The van der Waals surface area contributed by atoms with Crippen molar-refractivity contribution in [3.8, 4) is 0 Å².